The summed E-state index contributed by atoms with van der Waals surface area (Å²) < 4.78 is 0.825. The van der Waals surface area contributed by atoms with Crippen LogP contribution in [0, 0.1) is 0 Å². The molecule has 1 heterocycles. The summed E-state index contributed by atoms with van der Waals surface area (Å²) in [6.45, 7) is 0. The van der Waals surface area contributed by atoms with E-state index in [0.29, 0.717) is 5.69 Å². The fourth-order valence-electron chi connectivity index (χ4n) is 2.18. The highest BCUT2D eigenvalue weighted by atomic mass is 79.9. The lowest BCUT2D eigenvalue weighted by atomic mass is 10.2. The van der Waals surface area contributed by atoms with E-state index < -0.39 is 17.2 Å². The van der Waals surface area contributed by atoms with Gasteiger partial charge in [-0.15, -0.1) is 11.6 Å². The predicted molar refractivity (Wildman–Crippen MR) is 91.5 cm³/mol. The van der Waals surface area contributed by atoms with Crippen molar-refractivity contribution in [1.82, 2.24) is 0 Å². The highest BCUT2D eigenvalue weighted by molar-refractivity contribution is 9.10. The molecule has 23 heavy (non-hydrogen) atoms. The van der Waals surface area contributed by atoms with Crippen molar-refractivity contribution in [2.45, 2.75) is 5.38 Å². The summed E-state index contributed by atoms with van der Waals surface area (Å²) in [4.78, 5) is 29.9. The minimum Gasteiger partial charge on any atom is -0.506 e. The summed E-state index contributed by atoms with van der Waals surface area (Å²) in [5.41, 5.74) is 0.490. The van der Waals surface area contributed by atoms with Gasteiger partial charge >= 0.3 is 0 Å². The number of amides is 2. The first-order chi connectivity index (χ1) is 11.0. The summed E-state index contributed by atoms with van der Waals surface area (Å²) >= 11 is 9.36. The summed E-state index contributed by atoms with van der Waals surface area (Å²) in [7, 11) is 0. The van der Waals surface area contributed by atoms with Gasteiger partial charge in [0, 0.05) is 4.47 Å². The van der Waals surface area contributed by atoms with Gasteiger partial charge in [-0.2, -0.15) is 0 Å². The Morgan fingerprint density at radius 2 is 1.74 bits per heavy atom. The zero-order valence-electron chi connectivity index (χ0n) is 11.6. The minimum absolute atomic E-state index is 0.0915. The molecule has 1 fully saturated rings. The first-order valence-corrected chi connectivity index (χ1v) is 7.86. The molecule has 0 radical (unpaired) electrons. The van der Waals surface area contributed by atoms with Crippen molar-refractivity contribution >= 4 is 56.4 Å². The average Bonchev–Trinajstić information content (AvgIpc) is 2.74. The molecule has 0 bridgehead atoms. The van der Waals surface area contributed by atoms with Gasteiger partial charge in [-0.3, -0.25) is 9.59 Å². The third-order valence-electron chi connectivity index (χ3n) is 3.31. The molecule has 3 rings (SSSR count). The van der Waals surface area contributed by atoms with Crippen molar-refractivity contribution in [1.29, 1.82) is 0 Å². The van der Waals surface area contributed by atoms with Crippen molar-refractivity contribution < 1.29 is 14.7 Å². The maximum Gasteiger partial charge on any atom is 0.281 e. The van der Waals surface area contributed by atoms with Crippen molar-refractivity contribution in [3.05, 3.63) is 53.0 Å². The Morgan fingerprint density at radius 3 is 2.39 bits per heavy atom. The summed E-state index contributed by atoms with van der Waals surface area (Å²) in [6, 6.07) is 13.0. The third-order valence-corrected chi connectivity index (χ3v) is 4.23. The fourth-order valence-corrected chi connectivity index (χ4v) is 2.69. The van der Waals surface area contributed by atoms with Crippen molar-refractivity contribution in [3.63, 3.8) is 0 Å². The molecule has 1 atom stereocenters. The Balaban J connectivity index is 2.02. The molecule has 5 nitrogen and oxygen atoms in total. The van der Waals surface area contributed by atoms with E-state index in [0.717, 1.165) is 9.37 Å². The van der Waals surface area contributed by atoms with Gasteiger partial charge in [-0.05, 0) is 36.4 Å². The molecule has 1 aliphatic heterocycles. The van der Waals surface area contributed by atoms with E-state index in [4.69, 9.17) is 11.6 Å². The molecule has 0 aliphatic carbocycles. The lowest BCUT2D eigenvalue weighted by Gasteiger charge is -2.13. The number of nitrogens with zero attached hydrogens (tertiary/aromatic N) is 2. The van der Waals surface area contributed by atoms with Crippen LogP contribution in [0.15, 0.2) is 58.0 Å². The van der Waals surface area contributed by atoms with Gasteiger partial charge in [-0.1, -0.05) is 28.1 Å². The maximum absolute atomic E-state index is 12.5. The number of anilines is 1. The number of halogens is 2. The van der Waals surface area contributed by atoms with Crippen LogP contribution in [0.1, 0.15) is 0 Å². The number of imide groups is 1. The molecule has 0 aromatic heterocycles. The number of hydrogen-bond acceptors (Lipinski definition) is 4. The van der Waals surface area contributed by atoms with E-state index in [1.807, 2.05) is 0 Å². The van der Waals surface area contributed by atoms with Crippen LogP contribution in [0.4, 0.5) is 11.4 Å². The van der Waals surface area contributed by atoms with E-state index in [9.17, 15) is 14.7 Å². The number of alkyl halides is 1. The van der Waals surface area contributed by atoms with E-state index >= 15 is 0 Å². The average molecular weight is 394 g/mol. The zero-order chi connectivity index (χ0) is 16.6. The molecule has 1 aliphatic rings. The van der Waals surface area contributed by atoms with Gasteiger partial charge < -0.3 is 5.11 Å². The third kappa shape index (κ3) is 2.87. The molecule has 2 amide bonds. The molecular formula is C16H10BrClN2O3. The van der Waals surface area contributed by atoms with Crippen LogP contribution in [0.2, 0.25) is 0 Å². The first kappa shape index (κ1) is 15.7. The zero-order valence-corrected chi connectivity index (χ0v) is 14.0. The molecule has 1 unspecified atom stereocenters. The van der Waals surface area contributed by atoms with Gasteiger partial charge in [0.25, 0.3) is 11.8 Å². The molecule has 1 N–H and O–H groups in total. The molecule has 7 heteroatoms. The molecule has 0 saturated carbocycles. The van der Waals surface area contributed by atoms with Crippen LogP contribution in [-0.4, -0.2) is 28.0 Å². The Labute approximate surface area is 145 Å². The van der Waals surface area contributed by atoms with Gasteiger partial charge in [-0.25, -0.2) is 9.89 Å². The molecule has 2 aromatic carbocycles. The number of phenolic OH excluding ortho intramolecular Hbond substituents is 1. The van der Waals surface area contributed by atoms with E-state index in [2.05, 4.69) is 20.9 Å². The standard InChI is InChI=1S/C16H10BrClN2O3/c17-9-5-7-10(8-6-9)20-15(22)13(18)14(16(20)23)19-11-3-1-2-4-12(11)21/h1-8,13,21H. The second kappa shape index (κ2) is 6.14. The number of hydrogen-bond donors (Lipinski definition) is 1. The fraction of sp³-hybridized carbons (Fsp3) is 0.0625. The molecule has 2 aromatic rings. The topological polar surface area (TPSA) is 70.0 Å². The smallest absolute Gasteiger partial charge is 0.281 e. The summed E-state index contributed by atoms with van der Waals surface area (Å²) in [6.07, 6.45) is 0. The van der Waals surface area contributed by atoms with Gasteiger partial charge in [0.15, 0.2) is 5.38 Å². The minimum atomic E-state index is -1.19. The molecule has 1 saturated heterocycles. The second-order valence-electron chi connectivity index (χ2n) is 4.80. The van der Waals surface area contributed by atoms with E-state index in [1.165, 1.54) is 12.1 Å². The molecular weight excluding hydrogens is 384 g/mol. The second-order valence-corrected chi connectivity index (χ2v) is 6.16. The van der Waals surface area contributed by atoms with E-state index in [-0.39, 0.29) is 17.1 Å². The summed E-state index contributed by atoms with van der Waals surface area (Å²) in [5.74, 6) is -1.25. The highest BCUT2D eigenvalue weighted by Gasteiger charge is 2.44. The number of carbonyl (C=O) groups excluding carboxylic acids is 2. The van der Waals surface area contributed by atoms with Crippen LogP contribution in [0.25, 0.3) is 0 Å². The van der Waals surface area contributed by atoms with Crippen LogP contribution in [0.3, 0.4) is 0 Å². The van der Waals surface area contributed by atoms with Gasteiger partial charge in [0.1, 0.15) is 17.1 Å². The number of carbonyl (C=O) groups is 2. The maximum atomic E-state index is 12.5. The van der Waals surface area contributed by atoms with Crippen LogP contribution < -0.4 is 4.90 Å². The van der Waals surface area contributed by atoms with Crippen LogP contribution >= 0.6 is 27.5 Å². The highest BCUT2D eigenvalue weighted by Crippen LogP contribution is 2.30. The Bertz CT molecular complexity index is 820. The lowest BCUT2D eigenvalue weighted by molar-refractivity contribution is -0.120. The van der Waals surface area contributed by atoms with Crippen molar-refractivity contribution in [3.8, 4) is 5.75 Å². The van der Waals surface area contributed by atoms with E-state index in [1.54, 1.807) is 36.4 Å². The predicted octanol–water partition coefficient (Wildman–Crippen LogP) is 3.41. The Hall–Kier alpha value is -2.18. The number of phenols is 1. The SMILES string of the molecule is O=C1C(=Nc2ccccc2O)C(Cl)C(=O)N1c1ccc(Br)cc1. The quantitative estimate of drug-likeness (QED) is 0.628. The first-order valence-electron chi connectivity index (χ1n) is 6.63. The van der Waals surface area contributed by atoms with Crippen LogP contribution in [0.5, 0.6) is 5.75 Å². The lowest BCUT2D eigenvalue weighted by Crippen LogP contribution is -2.31. The van der Waals surface area contributed by atoms with Gasteiger partial charge in [0.2, 0.25) is 0 Å². The molecule has 0 spiro atoms. The number of aliphatic imine (C=N–C) groups is 1. The van der Waals surface area contributed by atoms with Crippen molar-refractivity contribution in [2.75, 3.05) is 4.90 Å². The normalized spacial score (nSPS) is 19.7. The van der Waals surface area contributed by atoms with Crippen molar-refractivity contribution in [2.24, 2.45) is 4.99 Å². The Kier molecular flexibility index (Phi) is 4.19. The number of aromatic hydroxyl groups is 1. The number of benzene rings is 2. The largest absolute Gasteiger partial charge is 0.506 e. The molecule has 116 valence electrons. The number of para-hydroxylation sites is 2. The summed E-state index contributed by atoms with van der Waals surface area (Å²) in [5, 5.41) is 8.57. The monoisotopic (exact) mass is 392 g/mol. The Morgan fingerprint density at radius 1 is 1.09 bits per heavy atom. The van der Waals surface area contributed by atoms with Crippen LogP contribution in [-0.2, 0) is 9.59 Å². The number of rotatable bonds is 2. The van der Waals surface area contributed by atoms with Gasteiger partial charge in [0.05, 0.1) is 5.69 Å².